The van der Waals surface area contributed by atoms with Gasteiger partial charge in [-0.15, -0.1) is 0 Å². The number of benzene rings is 2. The maximum Gasteiger partial charge on any atom is 0.269 e. The molecule has 12 nitrogen and oxygen atoms in total. The molecule has 0 saturated carbocycles. The van der Waals surface area contributed by atoms with Gasteiger partial charge in [-0.3, -0.25) is 10.1 Å². The van der Waals surface area contributed by atoms with Crippen LogP contribution in [0.4, 0.5) is 34.9 Å². The first-order valence-corrected chi connectivity index (χ1v) is 12.3. The van der Waals surface area contributed by atoms with E-state index in [4.69, 9.17) is 0 Å². The molecule has 2 heterocycles. The Bertz CT molecular complexity index is 1210. The molecule has 0 radical (unpaired) electrons. The minimum Gasteiger partial charge on any atom is -0.372 e. The number of rotatable bonds is 10. The van der Waals surface area contributed by atoms with Crippen molar-refractivity contribution in [3.8, 4) is 0 Å². The topological polar surface area (TPSA) is 128 Å². The lowest BCUT2D eigenvalue weighted by Gasteiger charge is -2.32. The van der Waals surface area contributed by atoms with E-state index < -0.39 is 4.92 Å². The molecule has 1 aliphatic heterocycles. The second-order valence-corrected chi connectivity index (χ2v) is 8.64. The third-order valence-electron chi connectivity index (χ3n) is 6.14. The van der Waals surface area contributed by atoms with E-state index in [-0.39, 0.29) is 5.69 Å². The minimum absolute atomic E-state index is 0.0149. The van der Waals surface area contributed by atoms with Gasteiger partial charge in [0.1, 0.15) is 0 Å². The van der Waals surface area contributed by atoms with Crippen LogP contribution in [0.2, 0.25) is 0 Å². The molecule has 0 atom stereocenters. The van der Waals surface area contributed by atoms with Gasteiger partial charge in [-0.05, 0) is 50.7 Å². The number of piperazine rings is 1. The maximum absolute atomic E-state index is 11.0. The van der Waals surface area contributed by atoms with Crippen molar-refractivity contribution in [2.24, 2.45) is 5.10 Å². The summed E-state index contributed by atoms with van der Waals surface area (Å²) in [7, 11) is 2.09. The lowest BCUT2D eigenvalue weighted by Crippen LogP contribution is -2.45. The quantitative estimate of drug-likeness (QED) is 0.240. The van der Waals surface area contributed by atoms with E-state index in [0.717, 1.165) is 44.8 Å². The summed E-state index contributed by atoms with van der Waals surface area (Å²) in [5.74, 6) is 1.15. The average Bonchev–Trinajstić information content (AvgIpc) is 2.91. The first-order chi connectivity index (χ1) is 17.9. The Hall–Kier alpha value is -4.32. The number of likely N-dealkylation sites (N-methyl/N-ethyl adjacent to an activating group) is 1. The molecule has 1 aliphatic rings. The fourth-order valence-electron chi connectivity index (χ4n) is 3.94. The summed E-state index contributed by atoms with van der Waals surface area (Å²) >= 11 is 0. The predicted octanol–water partition coefficient (Wildman–Crippen LogP) is 3.57. The highest BCUT2D eigenvalue weighted by molar-refractivity contribution is 5.80. The SMILES string of the molecule is CCN(CC)c1ccc(C=NNc2nc(Nc3ccc([N+](=O)[O-])cc3)nc(N3CCN(C)CC3)n2)cc1. The molecule has 0 bridgehead atoms. The van der Waals surface area contributed by atoms with Crippen LogP contribution in [-0.2, 0) is 0 Å². The molecule has 194 valence electrons. The molecule has 12 heteroatoms. The van der Waals surface area contributed by atoms with Gasteiger partial charge in [-0.2, -0.15) is 20.1 Å². The molecule has 2 N–H and O–H groups in total. The van der Waals surface area contributed by atoms with Crippen LogP contribution in [0.1, 0.15) is 19.4 Å². The van der Waals surface area contributed by atoms with Gasteiger partial charge in [-0.1, -0.05) is 12.1 Å². The molecule has 0 spiro atoms. The van der Waals surface area contributed by atoms with Crippen LogP contribution in [0.5, 0.6) is 0 Å². The van der Waals surface area contributed by atoms with E-state index in [2.05, 4.69) is 78.5 Å². The Morgan fingerprint density at radius 2 is 1.62 bits per heavy atom. The van der Waals surface area contributed by atoms with E-state index >= 15 is 0 Å². The number of nitrogens with one attached hydrogen (secondary N) is 2. The number of nitro groups is 1. The number of hydrogen-bond donors (Lipinski definition) is 2. The molecular formula is C25H32N10O2. The van der Waals surface area contributed by atoms with Crippen LogP contribution in [0.25, 0.3) is 0 Å². The van der Waals surface area contributed by atoms with Gasteiger partial charge in [0.25, 0.3) is 5.69 Å². The fraction of sp³-hybridized carbons (Fsp3) is 0.360. The zero-order valence-corrected chi connectivity index (χ0v) is 21.3. The predicted molar refractivity (Wildman–Crippen MR) is 147 cm³/mol. The summed E-state index contributed by atoms with van der Waals surface area (Å²) in [5, 5.41) is 18.4. The number of hydrazone groups is 1. The highest BCUT2D eigenvalue weighted by atomic mass is 16.6. The average molecular weight is 505 g/mol. The van der Waals surface area contributed by atoms with E-state index in [0.29, 0.717) is 23.5 Å². The van der Waals surface area contributed by atoms with E-state index in [1.165, 1.54) is 17.8 Å². The van der Waals surface area contributed by atoms with Gasteiger partial charge >= 0.3 is 0 Å². The van der Waals surface area contributed by atoms with Crippen molar-refractivity contribution in [2.75, 3.05) is 66.9 Å². The maximum atomic E-state index is 11.0. The van der Waals surface area contributed by atoms with Crippen molar-refractivity contribution in [2.45, 2.75) is 13.8 Å². The number of hydrogen-bond acceptors (Lipinski definition) is 11. The van der Waals surface area contributed by atoms with Gasteiger partial charge in [0.2, 0.25) is 17.8 Å². The molecule has 0 amide bonds. The zero-order chi connectivity index (χ0) is 26.2. The van der Waals surface area contributed by atoms with Crippen LogP contribution >= 0.6 is 0 Å². The molecule has 1 saturated heterocycles. The largest absolute Gasteiger partial charge is 0.372 e. The Morgan fingerprint density at radius 1 is 0.973 bits per heavy atom. The molecule has 1 aromatic heterocycles. The molecule has 3 aromatic rings. The third kappa shape index (κ3) is 6.88. The van der Waals surface area contributed by atoms with Crippen LogP contribution in [0.3, 0.4) is 0 Å². The normalized spacial score (nSPS) is 14.1. The van der Waals surface area contributed by atoms with Gasteiger partial charge in [0.05, 0.1) is 11.1 Å². The monoisotopic (exact) mass is 504 g/mol. The molecular weight excluding hydrogens is 472 g/mol. The van der Waals surface area contributed by atoms with E-state index in [9.17, 15) is 10.1 Å². The highest BCUT2D eigenvalue weighted by Crippen LogP contribution is 2.21. The summed E-state index contributed by atoms with van der Waals surface area (Å²) in [6.07, 6.45) is 1.72. The highest BCUT2D eigenvalue weighted by Gasteiger charge is 2.19. The summed E-state index contributed by atoms with van der Waals surface area (Å²) in [5.41, 5.74) is 5.68. The van der Waals surface area contributed by atoms with Gasteiger partial charge in [0.15, 0.2) is 0 Å². The Kier molecular flexibility index (Phi) is 8.41. The number of aromatic nitrogens is 3. The number of anilines is 5. The number of nitrogens with zero attached hydrogens (tertiary/aromatic N) is 8. The van der Waals surface area contributed by atoms with Gasteiger partial charge < -0.3 is 20.0 Å². The summed E-state index contributed by atoms with van der Waals surface area (Å²) in [6, 6.07) is 14.3. The molecule has 0 unspecified atom stereocenters. The summed E-state index contributed by atoms with van der Waals surface area (Å²) in [6.45, 7) is 9.57. The molecule has 2 aromatic carbocycles. The van der Waals surface area contributed by atoms with Crippen LogP contribution in [0.15, 0.2) is 53.6 Å². The van der Waals surface area contributed by atoms with Crippen molar-refractivity contribution in [3.05, 3.63) is 64.2 Å². The van der Waals surface area contributed by atoms with Crippen molar-refractivity contribution < 1.29 is 4.92 Å². The first kappa shape index (κ1) is 25.8. The Morgan fingerprint density at radius 3 is 2.24 bits per heavy atom. The van der Waals surface area contributed by atoms with E-state index in [1.807, 2.05) is 12.1 Å². The second-order valence-electron chi connectivity index (χ2n) is 8.64. The lowest BCUT2D eigenvalue weighted by molar-refractivity contribution is -0.384. The first-order valence-electron chi connectivity index (χ1n) is 12.3. The minimum atomic E-state index is -0.435. The van der Waals surface area contributed by atoms with Crippen molar-refractivity contribution >= 4 is 41.1 Å². The fourth-order valence-corrected chi connectivity index (χ4v) is 3.94. The molecule has 37 heavy (non-hydrogen) atoms. The van der Waals surface area contributed by atoms with E-state index in [1.54, 1.807) is 18.3 Å². The zero-order valence-electron chi connectivity index (χ0n) is 21.3. The van der Waals surface area contributed by atoms with Crippen LogP contribution in [0, 0.1) is 10.1 Å². The number of non-ortho nitro benzene ring substituents is 1. The van der Waals surface area contributed by atoms with Crippen molar-refractivity contribution in [3.63, 3.8) is 0 Å². The summed E-state index contributed by atoms with van der Waals surface area (Å²) in [4.78, 5) is 30.8. The molecule has 1 fully saturated rings. The van der Waals surface area contributed by atoms with Crippen molar-refractivity contribution in [1.82, 2.24) is 19.9 Å². The molecule has 4 rings (SSSR count). The van der Waals surface area contributed by atoms with Crippen molar-refractivity contribution in [1.29, 1.82) is 0 Å². The smallest absolute Gasteiger partial charge is 0.269 e. The van der Waals surface area contributed by atoms with Gasteiger partial charge in [0, 0.05) is 62.8 Å². The Balaban J connectivity index is 1.52. The standard InChI is InChI=1S/C25H32N10O2/c1-4-33(5-2)21-10-6-19(7-11-21)18-26-31-24-28-23(27-20-8-12-22(13-9-20)35(36)37)29-25(30-24)34-16-14-32(3)15-17-34/h6-13,18H,4-5,14-17H2,1-3H3,(H2,27,28,29,30,31). The van der Waals surface area contributed by atoms with Crippen LogP contribution in [-0.4, -0.2) is 77.3 Å². The van der Waals surface area contributed by atoms with Crippen LogP contribution < -0.4 is 20.5 Å². The second kappa shape index (κ2) is 12.1. The van der Waals surface area contributed by atoms with Gasteiger partial charge in [-0.25, -0.2) is 5.43 Å². The Labute approximate surface area is 216 Å². The lowest BCUT2D eigenvalue weighted by atomic mass is 10.2. The number of nitro benzene ring substituents is 1. The molecule has 0 aliphatic carbocycles. The summed E-state index contributed by atoms with van der Waals surface area (Å²) < 4.78 is 0. The third-order valence-corrected chi connectivity index (χ3v) is 6.14.